The molecule has 0 radical (unpaired) electrons. The molecule has 0 spiro atoms. The van der Waals surface area contributed by atoms with E-state index in [0.29, 0.717) is 0 Å². The van der Waals surface area contributed by atoms with E-state index in [1.807, 2.05) is 36.9 Å². The lowest BCUT2D eigenvalue weighted by molar-refractivity contribution is 0.0280. The third kappa shape index (κ3) is 2.98. The minimum atomic E-state index is -0.464. The van der Waals surface area contributed by atoms with E-state index < -0.39 is 6.10 Å². The number of piperidine rings is 1. The monoisotopic (exact) mass is 261 g/mol. The van der Waals surface area contributed by atoms with Crippen molar-refractivity contribution in [2.45, 2.75) is 52.2 Å². The molecule has 2 atom stereocenters. The van der Waals surface area contributed by atoms with Crippen molar-refractivity contribution in [3.05, 3.63) is 34.9 Å². The van der Waals surface area contributed by atoms with Gasteiger partial charge in [-0.25, -0.2) is 0 Å². The number of carbonyl (C=O) groups is 1. The normalized spacial score (nSPS) is 21.3. The summed E-state index contributed by atoms with van der Waals surface area (Å²) in [6.07, 6.45) is 2.55. The highest BCUT2D eigenvalue weighted by Gasteiger charge is 2.30. The van der Waals surface area contributed by atoms with Crippen LogP contribution >= 0.6 is 0 Å². The molecule has 1 aromatic rings. The van der Waals surface area contributed by atoms with Crippen LogP contribution in [0.3, 0.4) is 0 Å². The van der Waals surface area contributed by atoms with Crippen molar-refractivity contribution in [2.75, 3.05) is 6.54 Å². The Morgan fingerprint density at radius 2 is 2.11 bits per heavy atom. The first-order valence-corrected chi connectivity index (χ1v) is 7.07. The van der Waals surface area contributed by atoms with Gasteiger partial charge < -0.3 is 10.0 Å². The van der Waals surface area contributed by atoms with Crippen LogP contribution < -0.4 is 0 Å². The van der Waals surface area contributed by atoms with Gasteiger partial charge in [-0.1, -0.05) is 17.7 Å². The molecule has 0 unspecified atom stereocenters. The Balaban J connectivity index is 2.28. The minimum absolute atomic E-state index is 0.0406. The van der Waals surface area contributed by atoms with Crippen LogP contribution in [-0.4, -0.2) is 34.6 Å². The van der Waals surface area contributed by atoms with Crippen molar-refractivity contribution in [3.8, 4) is 0 Å². The van der Waals surface area contributed by atoms with Crippen LogP contribution in [0, 0.1) is 13.8 Å². The fourth-order valence-corrected chi connectivity index (χ4v) is 2.83. The molecule has 104 valence electrons. The minimum Gasteiger partial charge on any atom is -0.391 e. The Hall–Kier alpha value is -1.35. The van der Waals surface area contributed by atoms with E-state index in [1.165, 1.54) is 0 Å². The van der Waals surface area contributed by atoms with Gasteiger partial charge in [0.15, 0.2) is 0 Å². The van der Waals surface area contributed by atoms with Crippen LogP contribution in [0.25, 0.3) is 0 Å². The topological polar surface area (TPSA) is 40.5 Å². The number of aliphatic hydroxyl groups is 1. The largest absolute Gasteiger partial charge is 0.391 e. The number of benzene rings is 1. The molecule has 1 aromatic carbocycles. The number of hydrogen-bond acceptors (Lipinski definition) is 2. The standard InChI is InChI=1S/C16H23NO2/c1-11-7-8-12(2)14(10-11)16(19)17-9-5-4-6-15(17)13(3)18/h7-8,10,13,15,18H,4-6,9H2,1-3H3/t13-,15-/m1/s1. The molecule has 3 nitrogen and oxygen atoms in total. The smallest absolute Gasteiger partial charge is 0.254 e. The molecule has 3 heteroatoms. The summed E-state index contributed by atoms with van der Waals surface area (Å²) in [4.78, 5) is 14.6. The molecule has 1 aliphatic heterocycles. The number of amides is 1. The summed E-state index contributed by atoms with van der Waals surface area (Å²) in [7, 11) is 0. The molecule has 0 aliphatic carbocycles. The Kier molecular flexibility index (Phi) is 4.25. The second-order valence-corrected chi connectivity index (χ2v) is 5.62. The van der Waals surface area contributed by atoms with E-state index in [4.69, 9.17) is 0 Å². The number of carbonyl (C=O) groups excluding carboxylic acids is 1. The summed E-state index contributed by atoms with van der Waals surface area (Å²) in [5.41, 5.74) is 2.87. The molecular weight excluding hydrogens is 238 g/mol. The van der Waals surface area contributed by atoms with Gasteiger partial charge in [0.1, 0.15) is 0 Å². The Morgan fingerprint density at radius 3 is 2.79 bits per heavy atom. The molecule has 0 bridgehead atoms. The number of nitrogens with zero attached hydrogens (tertiary/aromatic N) is 1. The third-order valence-corrected chi connectivity index (χ3v) is 3.99. The summed E-state index contributed by atoms with van der Waals surface area (Å²) >= 11 is 0. The van der Waals surface area contributed by atoms with Gasteiger partial charge in [0, 0.05) is 12.1 Å². The van der Waals surface area contributed by atoms with Crippen molar-refractivity contribution in [1.82, 2.24) is 4.90 Å². The number of likely N-dealkylation sites (tertiary alicyclic amines) is 1. The van der Waals surface area contributed by atoms with Crippen LogP contribution in [-0.2, 0) is 0 Å². The quantitative estimate of drug-likeness (QED) is 0.889. The fourth-order valence-electron chi connectivity index (χ4n) is 2.83. The van der Waals surface area contributed by atoms with Gasteiger partial charge in [-0.3, -0.25) is 4.79 Å². The van der Waals surface area contributed by atoms with E-state index in [0.717, 1.165) is 42.5 Å². The molecule has 1 aliphatic rings. The van der Waals surface area contributed by atoms with Crippen LogP contribution in [0.5, 0.6) is 0 Å². The zero-order chi connectivity index (χ0) is 14.0. The SMILES string of the molecule is Cc1ccc(C)c(C(=O)N2CCCC[C@@H]2[C@@H](C)O)c1. The van der Waals surface area contributed by atoms with Crippen molar-refractivity contribution >= 4 is 5.91 Å². The molecule has 1 amide bonds. The zero-order valence-corrected chi connectivity index (χ0v) is 12.0. The highest BCUT2D eigenvalue weighted by molar-refractivity contribution is 5.96. The van der Waals surface area contributed by atoms with E-state index in [1.54, 1.807) is 6.92 Å². The molecule has 1 fully saturated rings. The van der Waals surface area contributed by atoms with Gasteiger partial charge in [-0.05, 0) is 51.7 Å². The lowest BCUT2D eigenvalue weighted by Gasteiger charge is -2.37. The van der Waals surface area contributed by atoms with E-state index in [2.05, 4.69) is 0 Å². The molecule has 0 aromatic heterocycles. The maximum absolute atomic E-state index is 12.7. The Morgan fingerprint density at radius 1 is 1.37 bits per heavy atom. The van der Waals surface area contributed by atoms with Crippen LogP contribution in [0.2, 0.25) is 0 Å². The molecule has 1 N–H and O–H groups in total. The average Bonchev–Trinajstić information content (AvgIpc) is 2.40. The Bertz CT molecular complexity index is 468. The Labute approximate surface area is 115 Å². The van der Waals surface area contributed by atoms with Gasteiger partial charge in [-0.15, -0.1) is 0 Å². The second-order valence-electron chi connectivity index (χ2n) is 5.62. The van der Waals surface area contributed by atoms with Crippen molar-refractivity contribution < 1.29 is 9.90 Å². The van der Waals surface area contributed by atoms with Gasteiger partial charge >= 0.3 is 0 Å². The van der Waals surface area contributed by atoms with Gasteiger partial charge in [-0.2, -0.15) is 0 Å². The molecule has 1 heterocycles. The lowest BCUT2D eigenvalue weighted by Crippen LogP contribution is -2.49. The molecule has 2 rings (SSSR count). The van der Waals surface area contributed by atoms with Crippen molar-refractivity contribution in [2.24, 2.45) is 0 Å². The molecular formula is C16H23NO2. The summed E-state index contributed by atoms with van der Waals surface area (Å²) in [6, 6.07) is 5.92. The van der Waals surface area contributed by atoms with Crippen molar-refractivity contribution in [1.29, 1.82) is 0 Å². The average molecular weight is 261 g/mol. The number of hydrogen-bond donors (Lipinski definition) is 1. The third-order valence-electron chi connectivity index (χ3n) is 3.99. The predicted octanol–water partition coefficient (Wildman–Crippen LogP) is 2.68. The first kappa shape index (κ1) is 14.1. The van der Waals surface area contributed by atoms with E-state index >= 15 is 0 Å². The van der Waals surface area contributed by atoms with Gasteiger partial charge in [0.05, 0.1) is 12.1 Å². The maximum atomic E-state index is 12.7. The zero-order valence-electron chi connectivity index (χ0n) is 12.0. The van der Waals surface area contributed by atoms with E-state index in [9.17, 15) is 9.90 Å². The number of aryl methyl sites for hydroxylation is 2. The molecule has 19 heavy (non-hydrogen) atoms. The summed E-state index contributed by atoms with van der Waals surface area (Å²) in [5, 5.41) is 9.87. The highest BCUT2D eigenvalue weighted by Crippen LogP contribution is 2.23. The maximum Gasteiger partial charge on any atom is 0.254 e. The second kappa shape index (κ2) is 5.74. The first-order chi connectivity index (χ1) is 9.00. The number of rotatable bonds is 2. The summed E-state index contributed by atoms with van der Waals surface area (Å²) in [6.45, 7) is 6.49. The summed E-state index contributed by atoms with van der Waals surface area (Å²) in [5.74, 6) is 0.0619. The van der Waals surface area contributed by atoms with Gasteiger partial charge in [0.25, 0.3) is 5.91 Å². The highest BCUT2D eigenvalue weighted by atomic mass is 16.3. The predicted molar refractivity (Wildman–Crippen MR) is 76.3 cm³/mol. The lowest BCUT2D eigenvalue weighted by atomic mass is 9.96. The van der Waals surface area contributed by atoms with Crippen LogP contribution in [0.15, 0.2) is 18.2 Å². The summed E-state index contributed by atoms with van der Waals surface area (Å²) < 4.78 is 0. The fraction of sp³-hybridized carbons (Fsp3) is 0.562. The first-order valence-electron chi connectivity index (χ1n) is 7.07. The molecule has 1 saturated heterocycles. The van der Waals surface area contributed by atoms with Crippen molar-refractivity contribution in [3.63, 3.8) is 0 Å². The van der Waals surface area contributed by atoms with E-state index in [-0.39, 0.29) is 11.9 Å². The van der Waals surface area contributed by atoms with Gasteiger partial charge in [0.2, 0.25) is 0 Å². The molecule has 0 saturated carbocycles. The van der Waals surface area contributed by atoms with Crippen LogP contribution in [0.4, 0.5) is 0 Å². The number of aliphatic hydroxyl groups excluding tert-OH is 1. The van der Waals surface area contributed by atoms with Crippen LogP contribution in [0.1, 0.15) is 47.7 Å².